The molecule has 0 aliphatic rings. The second-order valence-corrected chi connectivity index (χ2v) is 3.93. The third kappa shape index (κ3) is 4.38. The molecule has 0 atom stereocenters. The Bertz CT molecular complexity index is 329. The van der Waals surface area contributed by atoms with Gasteiger partial charge in [0.2, 0.25) is 0 Å². The molecule has 0 aromatic carbocycles. The monoisotopic (exact) mass is 249 g/mol. The minimum atomic E-state index is -4.35. The zero-order valence-electron chi connectivity index (χ0n) is 10.1. The van der Waals surface area contributed by atoms with Crippen LogP contribution in [0.1, 0.15) is 32.4 Å². The summed E-state index contributed by atoms with van der Waals surface area (Å²) in [5, 5.41) is 6.76. The number of alkyl halides is 3. The lowest BCUT2D eigenvalue weighted by Crippen LogP contribution is -2.30. The zero-order valence-corrected chi connectivity index (χ0v) is 10.1. The molecule has 1 aromatic heterocycles. The van der Waals surface area contributed by atoms with Gasteiger partial charge in [0, 0.05) is 18.8 Å². The molecule has 6 heteroatoms. The molecule has 0 bridgehead atoms. The summed E-state index contributed by atoms with van der Waals surface area (Å²) >= 11 is 0. The van der Waals surface area contributed by atoms with Gasteiger partial charge in [-0.3, -0.25) is 4.68 Å². The summed E-state index contributed by atoms with van der Waals surface area (Å²) in [5.74, 6) is 0. The van der Waals surface area contributed by atoms with Crippen molar-refractivity contribution in [3.05, 3.63) is 18.0 Å². The first kappa shape index (κ1) is 14.0. The molecule has 0 aliphatic carbocycles. The van der Waals surface area contributed by atoms with Gasteiger partial charge in [-0.1, -0.05) is 13.8 Å². The molecule has 0 spiro atoms. The fourth-order valence-corrected chi connectivity index (χ4v) is 1.60. The van der Waals surface area contributed by atoms with Crippen LogP contribution in [0, 0.1) is 0 Å². The van der Waals surface area contributed by atoms with E-state index in [1.54, 1.807) is 0 Å². The first-order valence-corrected chi connectivity index (χ1v) is 5.81. The van der Waals surface area contributed by atoms with Crippen LogP contribution >= 0.6 is 0 Å². The van der Waals surface area contributed by atoms with Gasteiger partial charge in [0.25, 0.3) is 0 Å². The molecule has 0 fully saturated rings. The topological polar surface area (TPSA) is 29.9 Å². The van der Waals surface area contributed by atoms with E-state index < -0.39 is 11.9 Å². The van der Waals surface area contributed by atoms with Crippen LogP contribution < -0.4 is 5.32 Å². The van der Waals surface area contributed by atoms with Crippen molar-refractivity contribution in [2.75, 3.05) is 6.54 Å². The molecule has 1 aromatic rings. The van der Waals surface area contributed by atoms with Crippen LogP contribution in [0.15, 0.2) is 12.3 Å². The largest absolute Gasteiger partial charge is 0.435 e. The number of aromatic nitrogens is 2. The first-order valence-electron chi connectivity index (χ1n) is 5.81. The van der Waals surface area contributed by atoms with Crippen LogP contribution in [0.5, 0.6) is 0 Å². The molecule has 98 valence electrons. The maximum absolute atomic E-state index is 12.3. The number of hydrogen-bond acceptors (Lipinski definition) is 2. The molecule has 0 aliphatic heterocycles. The number of nitrogens with zero attached hydrogens (tertiary/aromatic N) is 2. The average Bonchev–Trinajstić information content (AvgIpc) is 2.73. The minimum Gasteiger partial charge on any atom is -0.312 e. The Morgan fingerprint density at radius 1 is 1.35 bits per heavy atom. The third-order valence-corrected chi connectivity index (χ3v) is 2.69. The Labute approximate surface area is 99.0 Å². The van der Waals surface area contributed by atoms with Crippen LogP contribution in [0.3, 0.4) is 0 Å². The van der Waals surface area contributed by atoms with Gasteiger partial charge in [-0.2, -0.15) is 18.3 Å². The lowest BCUT2D eigenvalue weighted by molar-refractivity contribution is -0.141. The highest BCUT2D eigenvalue weighted by molar-refractivity contribution is 5.03. The second-order valence-electron chi connectivity index (χ2n) is 3.93. The Kier molecular flexibility index (Phi) is 4.99. The second kappa shape index (κ2) is 6.05. The van der Waals surface area contributed by atoms with E-state index in [1.165, 1.54) is 10.9 Å². The van der Waals surface area contributed by atoms with Crippen molar-refractivity contribution in [3.63, 3.8) is 0 Å². The molecule has 1 heterocycles. The fourth-order valence-electron chi connectivity index (χ4n) is 1.60. The predicted octanol–water partition coefficient (Wildman–Crippen LogP) is 2.68. The zero-order chi connectivity index (χ0) is 12.9. The van der Waals surface area contributed by atoms with Crippen LogP contribution in [-0.2, 0) is 12.7 Å². The van der Waals surface area contributed by atoms with Crippen LogP contribution in [0.4, 0.5) is 13.2 Å². The molecule has 3 nitrogen and oxygen atoms in total. The lowest BCUT2D eigenvalue weighted by Gasteiger charge is -2.14. The van der Waals surface area contributed by atoms with E-state index in [4.69, 9.17) is 0 Å². The van der Waals surface area contributed by atoms with Crippen molar-refractivity contribution in [2.24, 2.45) is 0 Å². The Hall–Kier alpha value is -1.04. The fraction of sp³-hybridized carbons (Fsp3) is 0.727. The van der Waals surface area contributed by atoms with Crippen molar-refractivity contribution in [3.8, 4) is 0 Å². The Morgan fingerprint density at radius 2 is 2.00 bits per heavy atom. The van der Waals surface area contributed by atoms with Gasteiger partial charge < -0.3 is 5.32 Å². The van der Waals surface area contributed by atoms with E-state index in [-0.39, 0.29) is 0 Å². The number of hydrogen-bond donors (Lipinski definition) is 1. The van der Waals surface area contributed by atoms with Crippen LogP contribution in [-0.4, -0.2) is 22.4 Å². The summed E-state index contributed by atoms with van der Waals surface area (Å²) in [7, 11) is 0. The molecular weight excluding hydrogens is 231 g/mol. The highest BCUT2D eigenvalue weighted by Crippen LogP contribution is 2.27. The standard InChI is InChI=1S/C11H18F3N3/c1-3-9(4-2)15-6-8-17-7-5-10(16-17)11(12,13)14/h5,7,9,15H,3-4,6,8H2,1-2H3. The van der Waals surface area contributed by atoms with Gasteiger partial charge in [-0.05, 0) is 18.9 Å². The highest BCUT2D eigenvalue weighted by atomic mass is 19.4. The minimum absolute atomic E-state index is 0.424. The number of halogens is 3. The van der Waals surface area contributed by atoms with E-state index in [0.29, 0.717) is 19.1 Å². The highest BCUT2D eigenvalue weighted by Gasteiger charge is 2.33. The summed E-state index contributed by atoms with van der Waals surface area (Å²) < 4.78 is 38.1. The van der Waals surface area contributed by atoms with Crippen molar-refractivity contribution >= 4 is 0 Å². The summed E-state index contributed by atoms with van der Waals surface area (Å²) in [5.41, 5.74) is -0.833. The van der Waals surface area contributed by atoms with E-state index in [9.17, 15) is 13.2 Å². The summed E-state index contributed by atoms with van der Waals surface area (Å²) in [6.45, 7) is 5.24. The molecule has 1 rings (SSSR count). The van der Waals surface area contributed by atoms with E-state index in [0.717, 1.165) is 18.9 Å². The molecular formula is C11H18F3N3. The van der Waals surface area contributed by atoms with Gasteiger partial charge in [0.15, 0.2) is 5.69 Å². The number of rotatable bonds is 6. The van der Waals surface area contributed by atoms with Gasteiger partial charge in [-0.15, -0.1) is 0 Å². The third-order valence-electron chi connectivity index (χ3n) is 2.69. The Morgan fingerprint density at radius 3 is 2.47 bits per heavy atom. The summed E-state index contributed by atoms with van der Waals surface area (Å²) in [6, 6.07) is 1.42. The first-order chi connectivity index (χ1) is 7.97. The predicted molar refractivity (Wildman–Crippen MR) is 59.6 cm³/mol. The van der Waals surface area contributed by atoms with E-state index >= 15 is 0 Å². The van der Waals surface area contributed by atoms with Gasteiger partial charge in [-0.25, -0.2) is 0 Å². The van der Waals surface area contributed by atoms with Crippen molar-refractivity contribution in [2.45, 2.75) is 45.5 Å². The quantitative estimate of drug-likeness (QED) is 0.840. The van der Waals surface area contributed by atoms with Crippen LogP contribution in [0.25, 0.3) is 0 Å². The lowest BCUT2D eigenvalue weighted by atomic mass is 10.2. The van der Waals surface area contributed by atoms with E-state index in [1.807, 2.05) is 0 Å². The molecule has 0 saturated carbocycles. The van der Waals surface area contributed by atoms with Gasteiger partial charge in [0.05, 0.1) is 6.54 Å². The smallest absolute Gasteiger partial charge is 0.312 e. The maximum atomic E-state index is 12.3. The molecule has 17 heavy (non-hydrogen) atoms. The van der Waals surface area contributed by atoms with Crippen molar-refractivity contribution in [1.29, 1.82) is 0 Å². The number of nitrogens with one attached hydrogen (secondary N) is 1. The molecule has 0 unspecified atom stereocenters. The van der Waals surface area contributed by atoms with Crippen LogP contribution in [0.2, 0.25) is 0 Å². The van der Waals surface area contributed by atoms with Crippen molar-refractivity contribution in [1.82, 2.24) is 15.1 Å². The molecule has 0 radical (unpaired) electrons. The molecule has 0 amide bonds. The Balaban J connectivity index is 2.40. The summed E-state index contributed by atoms with van der Waals surface area (Å²) in [4.78, 5) is 0. The van der Waals surface area contributed by atoms with Crippen molar-refractivity contribution < 1.29 is 13.2 Å². The molecule has 0 saturated heterocycles. The molecule has 1 N–H and O–H groups in total. The van der Waals surface area contributed by atoms with Gasteiger partial charge >= 0.3 is 6.18 Å². The van der Waals surface area contributed by atoms with E-state index in [2.05, 4.69) is 24.3 Å². The summed E-state index contributed by atoms with van der Waals surface area (Å²) in [6.07, 6.45) is -0.960. The average molecular weight is 249 g/mol. The SMILES string of the molecule is CCC(CC)NCCn1ccc(C(F)(F)F)n1. The maximum Gasteiger partial charge on any atom is 0.435 e. The van der Waals surface area contributed by atoms with Gasteiger partial charge in [0.1, 0.15) is 0 Å². The normalized spacial score (nSPS) is 12.4.